The summed E-state index contributed by atoms with van der Waals surface area (Å²) >= 11 is 0.285. The molecular formula is C9H12FNOS. The maximum Gasteiger partial charge on any atom is 0.118 e. The molecule has 0 saturated heterocycles. The Kier molecular flexibility index (Phi) is 4.05. The largest absolute Gasteiger partial charge is 0.497 e. The van der Waals surface area contributed by atoms with Crippen LogP contribution in [0.15, 0.2) is 24.3 Å². The van der Waals surface area contributed by atoms with Crippen LogP contribution < -0.4 is 10.1 Å². The number of benzene rings is 1. The van der Waals surface area contributed by atoms with Gasteiger partial charge in [0.1, 0.15) is 11.1 Å². The van der Waals surface area contributed by atoms with Crippen molar-refractivity contribution in [2.24, 2.45) is 0 Å². The van der Waals surface area contributed by atoms with Crippen LogP contribution in [0.4, 0.5) is 3.89 Å². The second-order valence-electron chi connectivity index (χ2n) is 2.53. The van der Waals surface area contributed by atoms with Gasteiger partial charge in [0.05, 0.1) is 19.3 Å². The number of hydrogen-bond acceptors (Lipinski definition) is 3. The Morgan fingerprint density at radius 2 is 2.00 bits per heavy atom. The standard InChI is InChI=1S/C9H12FNOS/c1-11-9(13-10)7-3-5-8(12-2)6-4-7/h3-6,9,11H,1-2H3. The molecule has 0 aliphatic rings. The average Bonchev–Trinajstić information content (AvgIpc) is 2.21. The minimum Gasteiger partial charge on any atom is -0.497 e. The Labute approximate surface area is 81.8 Å². The molecular weight excluding hydrogens is 189 g/mol. The number of rotatable bonds is 4. The molecule has 0 amide bonds. The highest BCUT2D eigenvalue weighted by atomic mass is 32.2. The Bertz CT molecular complexity index is 248. The zero-order chi connectivity index (χ0) is 9.68. The monoisotopic (exact) mass is 201 g/mol. The van der Waals surface area contributed by atoms with Crippen molar-refractivity contribution in [2.75, 3.05) is 14.2 Å². The van der Waals surface area contributed by atoms with Crippen molar-refractivity contribution in [3.05, 3.63) is 29.8 Å². The fraction of sp³-hybridized carbons (Fsp3) is 0.333. The molecule has 0 spiro atoms. The summed E-state index contributed by atoms with van der Waals surface area (Å²) in [6.07, 6.45) is 0. The zero-order valence-corrected chi connectivity index (χ0v) is 8.40. The van der Waals surface area contributed by atoms with Gasteiger partial charge in [-0.05, 0) is 24.7 Å². The molecule has 2 nitrogen and oxygen atoms in total. The van der Waals surface area contributed by atoms with Crippen LogP contribution in [0.5, 0.6) is 5.75 Å². The lowest BCUT2D eigenvalue weighted by Gasteiger charge is -2.10. The molecule has 0 fully saturated rings. The van der Waals surface area contributed by atoms with Crippen molar-refractivity contribution in [3.8, 4) is 5.75 Å². The van der Waals surface area contributed by atoms with E-state index in [-0.39, 0.29) is 17.5 Å². The van der Waals surface area contributed by atoms with Crippen molar-refractivity contribution in [1.82, 2.24) is 5.32 Å². The highest BCUT2D eigenvalue weighted by Crippen LogP contribution is 2.27. The predicted molar refractivity (Wildman–Crippen MR) is 53.5 cm³/mol. The second-order valence-corrected chi connectivity index (χ2v) is 3.18. The quantitative estimate of drug-likeness (QED) is 0.756. The predicted octanol–water partition coefficient (Wildman–Crippen LogP) is 2.53. The number of nitrogens with one attached hydrogen (secondary N) is 1. The topological polar surface area (TPSA) is 21.3 Å². The second kappa shape index (κ2) is 5.09. The van der Waals surface area contributed by atoms with Crippen molar-refractivity contribution >= 4 is 12.1 Å². The molecule has 0 radical (unpaired) electrons. The van der Waals surface area contributed by atoms with Gasteiger partial charge in [0.2, 0.25) is 0 Å². The third kappa shape index (κ3) is 2.60. The Morgan fingerprint density at radius 3 is 2.38 bits per heavy atom. The SMILES string of the molecule is CNC(SF)c1ccc(OC)cc1. The van der Waals surface area contributed by atoms with Crippen LogP contribution in [0.2, 0.25) is 0 Å². The van der Waals surface area contributed by atoms with Gasteiger partial charge >= 0.3 is 0 Å². The van der Waals surface area contributed by atoms with Crippen LogP contribution in [0.3, 0.4) is 0 Å². The van der Waals surface area contributed by atoms with Crippen molar-refractivity contribution in [2.45, 2.75) is 5.37 Å². The first-order chi connectivity index (χ1) is 6.31. The molecule has 1 N–H and O–H groups in total. The van der Waals surface area contributed by atoms with Gasteiger partial charge < -0.3 is 10.1 Å². The molecule has 1 aromatic carbocycles. The fourth-order valence-corrected chi connectivity index (χ4v) is 1.39. The lowest BCUT2D eigenvalue weighted by molar-refractivity contribution is 0.414. The van der Waals surface area contributed by atoms with E-state index in [4.69, 9.17) is 4.74 Å². The molecule has 4 heteroatoms. The third-order valence-corrected chi connectivity index (χ3v) is 2.46. The first-order valence-electron chi connectivity index (χ1n) is 3.90. The van der Waals surface area contributed by atoms with Gasteiger partial charge in [0.25, 0.3) is 0 Å². The Balaban J connectivity index is 2.78. The van der Waals surface area contributed by atoms with Crippen LogP contribution in [0.25, 0.3) is 0 Å². The highest BCUT2D eigenvalue weighted by Gasteiger charge is 2.08. The Hall–Kier alpha value is -0.740. The minimum atomic E-state index is -0.300. The summed E-state index contributed by atoms with van der Waals surface area (Å²) in [7, 11) is 3.33. The minimum absolute atomic E-state index is 0.285. The molecule has 0 heterocycles. The van der Waals surface area contributed by atoms with E-state index >= 15 is 0 Å². The van der Waals surface area contributed by atoms with Crippen molar-refractivity contribution < 1.29 is 8.62 Å². The highest BCUT2D eigenvalue weighted by molar-refractivity contribution is 7.94. The molecule has 0 aromatic heterocycles. The van der Waals surface area contributed by atoms with E-state index in [1.54, 1.807) is 14.2 Å². The molecule has 1 atom stereocenters. The average molecular weight is 201 g/mol. The molecule has 1 aromatic rings. The van der Waals surface area contributed by atoms with E-state index < -0.39 is 0 Å². The number of hydrogen-bond donors (Lipinski definition) is 1. The lowest BCUT2D eigenvalue weighted by Crippen LogP contribution is -2.11. The molecule has 72 valence electrons. The van der Waals surface area contributed by atoms with Gasteiger partial charge in [-0.2, -0.15) is 3.89 Å². The van der Waals surface area contributed by atoms with E-state index in [0.29, 0.717) is 0 Å². The normalized spacial score (nSPS) is 12.5. The van der Waals surface area contributed by atoms with Crippen LogP contribution in [0.1, 0.15) is 10.9 Å². The van der Waals surface area contributed by atoms with E-state index in [1.807, 2.05) is 24.3 Å². The number of ether oxygens (including phenoxy) is 1. The maximum absolute atomic E-state index is 12.3. The van der Waals surface area contributed by atoms with E-state index in [2.05, 4.69) is 5.32 Å². The zero-order valence-electron chi connectivity index (χ0n) is 7.58. The first kappa shape index (κ1) is 10.3. The summed E-state index contributed by atoms with van der Waals surface area (Å²) in [5.74, 6) is 0.780. The van der Waals surface area contributed by atoms with Gasteiger partial charge in [-0.15, -0.1) is 0 Å². The van der Waals surface area contributed by atoms with Gasteiger partial charge in [-0.3, -0.25) is 0 Å². The molecule has 1 rings (SSSR count). The molecule has 0 bridgehead atoms. The summed E-state index contributed by atoms with van der Waals surface area (Å²) in [6, 6.07) is 7.31. The van der Waals surface area contributed by atoms with Gasteiger partial charge in [-0.25, -0.2) is 0 Å². The summed E-state index contributed by atoms with van der Waals surface area (Å²) in [4.78, 5) is 0. The molecule has 1 unspecified atom stereocenters. The molecule has 0 aliphatic heterocycles. The summed E-state index contributed by atoms with van der Waals surface area (Å²) in [6.45, 7) is 0. The van der Waals surface area contributed by atoms with E-state index in [9.17, 15) is 3.89 Å². The lowest BCUT2D eigenvalue weighted by atomic mass is 10.2. The number of methoxy groups -OCH3 is 1. The first-order valence-corrected chi connectivity index (χ1v) is 4.68. The van der Waals surface area contributed by atoms with Crippen LogP contribution in [-0.4, -0.2) is 14.2 Å². The van der Waals surface area contributed by atoms with E-state index in [0.717, 1.165) is 11.3 Å². The van der Waals surface area contributed by atoms with Crippen molar-refractivity contribution in [1.29, 1.82) is 0 Å². The van der Waals surface area contributed by atoms with Gasteiger partial charge in [0, 0.05) is 0 Å². The molecule has 0 aliphatic carbocycles. The molecule has 13 heavy (non-hydrogen) atoms. The molecule has 0 saturated carbocycles. The van der Waals surface area contributed by atoms with Gasteiger partial charge in [-0.1, -0.05) is 12.1 Å². The smallest absolute Gasteiger partial charge is 0.118 e. The summed E-state index contributed by atoms with van der Waals surface area (Å²) in [5, 5.41) is 2.55. The summed E-state index contributed by atoms with van der Waals surface area (Å²) in [5.41, 5.74) is 0.899. The fourth-order valence-electron chi connectivity index (χ4n) is 1.04. The van der Waals surface area contributed by atoms with Crippen LogP contribution in [-0.2, 0) is 0 Å². The third-order valence-electron chi connectivity index (χ3n) is 1.77. The summed E-state index contributed by atoms with van der Waals surface area (Å²) < 4.78 is 17.3. The van der Waals surface area contributed by atoms with Crippen LogP contribution in [0, 0.1) is 0 Å². The Morgan fingerprint density at radius 1 is 1.38 bits per heavy atom. The van der Waals surface area contributed by atoms with E-state index in [1.165, 1.54) is 0 Å². The van der Waals surface area contributed by atoms with Crippen molar-refractivity contribution in [3.63, 3.8) is 0 Å². The number of halogens is 1. The van der Waals surface area contributed by atoms with Gasteiger partial charge in [0.15, 0.2) is 0 Å². The maximum atomic E-state index is 12.3. The van der Waals surface area contributed by atoms with Crippen LogP contribution >= 0.6 is 12.1 Å².